The van der Waals surface area contributed by atoms with Gasteiger partial charge in [-0.1, -0.05) is 6.58 Å². The Labute approximate surface area is 151 Å². The summed E-state index contributed by atoms with van der Waals surface area (Å²) in [5.74, 6) is 0.232. The average Bonchev–Trinajstić information content (AvgIpc) is 2.99. The van der Waals surface area contributed by atoms with Gasteiger partial charge >= 0.3 is 6.09 Å². The second kappa shape index (κ2) is 6.75. The number of ether oxygens (including phenoxy) is 1. The van der Waals surface area contributed by atoms with Crippen molar-refractivity contribution in [2.24, 2.45) is 17.4 Å². The van der Waals surface area contributed by atoms with Crippen molar-refractivity contribution in [3.05, 3.63) is 33.7 Å². The van der Waals surface area contributed by atoms with Gasteiger partial charge in [-0.05, 0) is 80.5 Å². The number of nitrogens with zero attached hydrogens (tertiary/aromatic N) is 1. The lowest BCUT2D eigenvalue weighted by molar-refractivity contribution is 0.0209. The molecule has 0 radical (unpaired) electrons. The number of halogens is 1. The van der Waals surface area contributed by atoms with Crippen molar-refractivity contribution in [3.8, 4) is 0 Å². The molecule has 1 amide bonds. The Morgan fingerprint density at radius 1 is 1.39 bits per heavy atom. The van der Waals surface area contributed by atoms with Crippen LogP contribution in [0.15, 0.2) is 33.7 Å². The van der Waals surface area contributed by atoms with Crippen LogP contribution in [0.1, 0.15) is 40.0 Å². The molecule has 2 aliphatic heterocycles. The SMILES string of the molecule is C=C(N)/C(I)=C\C(=C/N)C1CC2CCC1N2C(=O)OC(C)(C)C. The molecule has 0 aliphatic carbocycles. The molecule has 2 fully saturated rings. The van der Waals surface area contributed by atoms with Crippen LogP contribution in [-0.2, 0) is 4.74 Å². The third-order valence-electron chi connectivity index (χ3n) is 4.36. The van der Waals surface area contributed by atoms with Crippen LogP contribution in [0.4, 0.5) is 4.79 Å². The largest absolute Gasteiger partial charge is 0.444 e. The maximum atomic E-state index is 12.5. The summed E-state index contributed by atoms with van der Waals surface area (Å²) in [6, 6.07) is 0.387. The van der Waals surface area contributed by atoms with Crippen LogP contribution in [0.2, 0.25) is 0 Å². The van der Waals surface area contributed by atoms with Crippen LogP contribution in [-0.4, -0.2) is 28.7 Å². The minimum atomic E-state index is -0.478. The van der Waals surface area contributed by atoms with E-state index < -0.39 is 5.60 Å². The van der Waals surface area contributed by atoms with Gasteiger partial charge < -0.3 is 21.1 Å². The van der Waals surface area contributed by atoms with E-state index >= 15 is 0 Å². The van der Waals surface area contributed by atoms with Gasteiger partial charge in [0.1, 0.15) is 5.60 Å². The van der Waals surface area contributed by atoms with Crippen LogP contribution < -0.4 is 11.5 Å². The van der Waals surface area contributed by atoms with Crippen LogP contribution >= 0.6 is 22.6 Å². The highest BCUT2D eigenvalue weighted by atomic mass is 127. The summed E-state index contributed by atoms with van der Waals surface area (Å²) in [5, 5.41) is 0. The molecule has 2 heterocycles. The molecule has 0 saturated carbocycles. The molecule has 3 atom stereocenters. The van der Waals surface area contributed by atoms with E-state index in [0.29, 0.717) is 5.70 Å². The van der Waals surface area contributed by atoms with E-state index in [0.717, 1.165) is 28.4 Å². The van der Waals surface area contributed by atoms with Crippen LogP contribution in [0.5, 0.6) is 0 Å². The van der Waals surface area contributed by atoms with Gasteiger partial charge in [-0.2, -0.15) is 0 Å². The third-order valence-corrected chi connectivity index (χ3v) is 5.37. The number of hydrogen-bond donors (Lipinski definition) is 2. The van der Waals surface area contributed by atoms with E-state index in [1.807, 2.05) is 31.7 Å². The van der Waals surface area contributed by atoms with Gasteiger partial charge in [0.15, 0.2) is 0 Å². The molecule has 2 aliphatic rings. The van der Waals surface area contributed by atoms with Gasteiger partial charge in [0, 0.05) is 27.3 Å². The molecule has 2 saturated heterocycles. The first-order chi connectivity index (χ1) is 10.6. The van der Waals surface area contributed by atoms with Crippen LogP contribution in [0, 0.1) is 5.92 Å². The molecule has 5 nitrogen and oxygen atoms in total. The lowest BCUT2D eigenvalue weighted by Crippen LogP contribution is -2.40. The quantitative estimate of drug-likeness (QED) is 0.530. The Hall–Kier alpha value is -1.18. The van der Waals surface area contributed by atoms with Crippen molar-refractivity contribution in [2.45, 2.75) is 57.7 Å². The summed E-state index contributed by atoms with van der Waals surface area (Å²) in [4.78, 5) is 14.4. The third kappa shape index (κ3) is 4.02. The van der Waals surface area contributed by atoms with Crippen molar-refractivity contribution in [1.82, 2.24) is 4.90 Å². The Morgan fingerprint density at radius 3 is 2.57 bits per heavy atom. The predicted octanol–water partition coefficient (Wildman–Crippen LogP) is 3.41. The molecule has 23 heavy (non-hydrogen) atoms. The zero-order valence-electron chi connectivity index (χ0n) is 14.0. The summed E-state index contributed by atoms with van der Waals surface area (Å²) in [6.45, 7) is 9.43. The van der Waals surface area contributed by atoms with E-state index in [-0.39, 0.29) is 24.1 Å². The smallest absolute Gasteiger partial charge is 0.410 e. The zero-order valence-corrected chi connectivity index (χ0v) is 16.2. The molecule has 0 aromatic rings. The highest BCUT2D eigenvalue weighted by Gasteiger charge is 2.50. The van der Waals surface area contributed by atoms with E-state index in [9.17, 15) is 4.79 Å². The first kappa shape index (κ1) is 18.2. The second-order valence-corrected chi connectivity index (χ2v) is 8.37. The highest BCUT2D eigenvalue weighted by Crippen LogP contribution is 2.46. The number of nitrogens with two attached hydrogens (primary N) is 2. The Kier molecular flexibility index (Phi) is 5.33. The Morgan fingerprint density at radius 2 is 2.04 bits per heavy atom. The first-order valence-electron chi connectivity index (χ1n) is 7.89. The number of fused-ring (bicyclic) bond motifs is 2. The zero-order chi connectivity index (χ0) is 17.4. The van der Waals surface area contributed by atoms with E-state index in [1.54, 1.807) is 6.20 Å². The van der Waals surface area contributed by atoms with Crippen molar-refractivity contribution < 1.29 is 9.53 Å². The molecule has 6 heteroatoms. The normalized spacial score (nSPS) is 28.2. The fraction of sp³-hybridized carbons (Fsp3) is 0.588. The van der Waals surface area contributed by atoms with Gasteiger partial charge in [-0.25, -0.2) is 4.79 Å². The summed E-state index contributed by atoms with van der Waals surface area (Å²) in [5.41, 5.74) is 12.6. The van der Waals surface area contributed by atoms with Crippen molar-refractivity contribution in [2.75, 3.05) is 0 Å². The number of amides is 1. The number of allylic oxidation sites excluding steroid dienone is 2. The van der Waals surface area contributed by atoms with Crippen LogP contribution in [0.3, 0.4) is 0 Å². The van der Waals surface area contributed by atoms with Crippen molar-refractivity contribution in [1.29, 1.82) is 0 Å². The Bertz CT molecular complexity index is 563. The fourth-order valence-corrected chi connectivity index (χ4v) is 3.82. The monoisotopic (exact) mass is 431 g/mol. The van der Waals surface area contributed by atoms with Crippen LogP contribution in [0.25, 0.3) is 0 Å². The average molecular weight is 431 g/mol. The summed E-state index contributed by atoms with van der Waals surface area (Å²) in [7, 11) is 0. The van der Waals surface area contributed by atoms with Crippen molar-refractivity contribution in [3.63, 3.8) is 0 Å². The lowest BCUT2D eigenvalue weighted by Gasteiger charge is -2.28. The first-order valence-corrected chi connectivity index (χ1v) is 8.97. The molecule has 0 aromatic heterocycles. The highest BCUT2D eigenvalue weighted by molar-refractivity contribution is 14.1. The number of carbonyl (C=O) groups excluding carboxylic acids is 1. The molecular formula is C17H26IN3O2. The maximum Gasteiger partial charge on any atom is 0.410 e. The van der Waals surface area contributed by atoms with E-state index in [2.05, 4.69) is 29.2 Å². The molecule has 0 aromatic carbocycles. The van der Waals surface area contributed by atoms with Crippen molar-refractivity contribution >= 4 is 28.7 Å². The van der Waals surface area contributed by atoms with E-state index in [4.69, 9.17) is 16.2 Å². The number of hydrogen-bond acceptors (Lipinski definition) is 4. The minimum absolute atomic E-state index is 0.149. The summed E-state index contributed by atoms with van der Waals surface area (Å²) in [6.07, 6.45) is 6.32. The number of rotatable bonds is 3. The Balaban J connectivity index is 2.18. The second-order valence-electron chi connectivity index (χ2n) is 7.21. The lowest BCUT2D eigenvalue weighted by atomic mass is 9.83. The van der Waals surface area contributed by atoms with Gasteiger partial charge in [0.2, 0.25) is 0 Å². The summed E-state index contributed by atoms with van der Waals surface area (Å²) >= 11 is 2.16. The topological polar surface area (TPSA) is 81.6 Å². The standard InChI is InChI=1S/C17H26IN3O2/c1-10(20)14(18)7-11(9-19)13-8-12-5-6-15(13)21(12)16(22)23-17(2,3)4/h7,9,12-13,15H,1,5-6,8,19-20H2,2-4H3/b11-9+,14-7+. The molecule has 2 rings (SSSR count). The summed E-state index contributed by atoms with van der Waals surface area (Å²) < 4.78 is 6.45. The fourth-order valence-electron chi connectivity index (χ4n) is 3.46. The van der Waals surface area contributed by atoms with Gasteiger partial charge in [-0.15, -0.1) is 0 Å². The predicted molar refractivity (Wildman–Crippen MR) is 101 cm³/mol. The van der Waals surface area contributed by atoms with Gasteiger partial charge in [0.25, 0.3) is 0 Å². The van der Waals surface area contributed by atoms with Gasteiger partial charge in [0.05, 0.1) is 0 Å². The molecule has 4 N–H and O–H groups in total. The van der Waals surface area contributed by atoms with Gasteiger partial charge in [-0.3, -0.25) is 0 Å². The number of carbonyl (C=O) groups is 1. The molecule has 3 unspecified atom stereocenters. The molecule has 0 spiro atoms. The molecular weight excluding hydrogens is 405 g/mol. The minimum Gasteiger partial charge on any atom is -0.444 e. The molecule has 2 bridgehead atoms. The molecule has 128 valence electrons. The van der Waals surface area contributed by atoms with E-state index in [1.165, 1.54) is 0 Å². The maximum absolute atomic E-state index is 12.5.